The molecule has 0 aliphatic carbocycles. The molecule has 0 aromatic carbocycles. The van der Waals surface area contributed by atoms with Crippen LogP contribution in [0.5, 0.6) is 0 Å². The summed E-state index contributed by atoms with van der Waals surface area (Å²) in [6.07, 6.45) is 0.918. The summed E-state index contributed by atoms with van der Waals surface area (Å²) in [5, 5.41) is 10.0. The first-order valence-corrected chi connectivity index (χ1v) is 7.59. The first kappa shape index (κ1) is 20.9. The minimum absolute atomic E-state index is 0. The molecular weight excluding hydrogens is 341 g/mol. The van der Waals surface area contributed by atoms with Gasteiger partial charge in [0.25, 0.3) is 5.91 Å². The summed E-state index contributed by atoms with van der Waals surface area (Å²) in [5.41, 5.74) is 3.42. The highest BCUT2D eigenvalue weighted by molar-refractivity contribution is 7.08. The van der Waals surface area contributed by atoms with E-state index in [0.29, 0.717) is 12.1 Å². The molecule has 0 aliphatic heterocycles. The van der Waals surface area contributed by atoms with E-state index in [-0.39, 0.29) is 30.7 Å². The van der Waals surface area contributed by atoms with Gasteiger partial charge < -0.3 is 10.6 Å². The van der Waals surface area contributed by atoms with Crippen molar-refractivity contribution in [3.05, 3.63) is 40.2 Å². The molecule has 1 amide bonds. The molecule has 0 radical (unpaired) electrons. The topological polar surface area (TPSA) is 54.0 Å². The van der Waals surface area contributed by atoms with Gasteiger partial charge in [0, 0.05) is 17.5 Å². The van der Waals surface area contributed by atoms with Crippen LogP contribution in [0.1, 0.15) is 22.5 Å². The molecule has 2 rings (SSSR count). The molecular formula is C15H21Cl2N3OS. The zero-order chi connectivity index (χ0) is 14.4. The highest BCUT2D eigenvalue weighted by Gasteiger charge is 2.10. The summed E-state index contributed by atoms with van der Waals surface area (Å²) in [5.74, 6) is -0.0528. The maximum Gasteiger partial charge on any atom is 0.253 e. The normalized spacial score (nSPS) is 9.55. The summed E-state index contributed by atoms with van der Waals surface area (Å²) in [7, 11) is 1.90. The fraction of sp³-hybridized carbons (Fsp3) is 0.333. The van der Waals surface area contributed by atoms with E-state index in [1.807, 2.05) is 37.6 Å². The summed E-state index contributed by atoms with van der Waals surface area (Å²) < 4.78 is 0. The maximum atomic E-state index is 12.1. The van der Waals surface area contributed by atoms with Crippen LogP contribution in [0.25, 0.3) is 11.3 Å². The summed E-state index contributed by atoms with van der Waals surface area (Å²) in [6, 6.07) is 5.78. The molecule has 0 unspecified atom stereocenters. The number of aromatic nitrogens is 1. The Morgan fingerprint density at radius 2 is 2.00 bits per heavy atom. The number of hydrogen-bond donors (Lipinski definition) is 2. The number of aryl methyl sites for hydroxylation is 1. The second-order valence-electron chi connectivity index (χ2n) is 4.55. The van der Waals surface area contributed by atoms with Crippen molar-refractivity contribution in [2.24, 2.45) is 0 Å². The molecule has 122 valence electrons. The van der Waals surface area contributed by atoms with E-state index in [0.717, 1.165) is 29.9 Å². The molecule has 2 heterocycles. The fourth-order valence-electron chi connectivity index (χ4n) is 1.93. The minimum atomic E-state index is -0.0528. The lowest BCUT2D eigenvalue weighted by molar-refractivity contribution is 0.0952. The molecule has 22 heavy (non-hydrogen) atoms. The van der Waals surface area contributed by atoms with E-state index in [4.69, 9.17) is 0 Å². The van der Waals surface area contributed by atoms with Crippen molar-refractivity contribution in [1.29, 1.82) is 0 Å². The largest absolute Gasteiger partial charge is 0.352 e. The molecule has 0 bridgehead atoms. The Morgan fingerprint density at radius 3 is 2.59 bits per heavy atom. The molecule has 2 aromatic heterocycles. The van der Waals surface area contributed by atoms with Crippen LogP contribution in [0.15, 0.2) is 29.0 Å². The van der Waals surface area contributed by atoms with Gasteiger partial charge in [0.2, 0.25) is 0 Å². The van der Waals surface area contributed by atoms with Gasteiger partial charge in [-0.05, 0) is 50.5 Å². The molecule has 2 aromatic rings. The highest BCUT2D eigenvalue weighted by atomic mass is 35.5. The number of amides is 1. The number of carbonyl (C=O) groups excluding carboxylic acids is 1. The number of halogens is 2. The number of rotatable bonds is 6. The van der Waals surface area contributed by atoms with Gasteiger partial charge in [0.05, 0.1) is 17.0 Å². The van der Waals surface area contributed by atoms with Gasteiger partial charge in [-0.25, -0.2) is 0 Å². The summed E-state index contributed by atoms with van der Waals surface area (Å²) >= 11 is 1.64. The predicted octanol–water partition coefficient (Wildman–Crippen LogP) is 3.30. The molecule has 7 heteroatoms. The number of thiophene rings is 1. The molecule has 4 nitrogen and oxygen atoms in total. The van der Waals surface area contributed by atoms with E-state index in [2.05, 4.69) is 21.0 Å². The molecule has 0 fully saturated rings. The Kier molecular flexibility index (Phi) is 10.0. The zero-order valence-corrected chi connectivity index (χ0v) is 15.0. The third kappa shape index (κ3) is 5.57. The van der Waals surface area contributed by atoms with Gasteiger partial charge in [0.1, 0.15) is 0 Å². The van der Waals surface area contributed by atoms with Crippen LogP contribution >= 0.6 is 36.2 Å². The lowest BCUT2D eigenvalue weighted by Gasteiger charge is -2.08. The van der Waals surface area contributed by atoms with Crippen molar-refractivity contribution in [1.82, 2.24) is 15.6 Å². The van der Waals surface area contributed by atoms with Crippen molar-refractivity contribution in [3.63, 3.8) is 0 Å². The molecule has 0 saturated carbocycles. The van der Waals surface area contributed by atoms with Gasteiger partial charge >= 0.3 is 0 Å². The smallest absolute Gasteiger partial charge is 0.253 e. The number of hydrogen-bond acceptors (Lipinski definition) is 4. The molecule has 0 spiro atoms. The fourth-order valence-corrected chi connectivity index (χ4v) is 2.58. The van der Waals surface area contributed by atoms with Crippen LogP contribution in [0, 0.1) is 6.92 Å². The average Bonchev–Trinajstić information content (AvgIpc) is 2.97. The molecule has 0 atom stereocenters. The summed E-state index contributed by atoms with van der Waals surface area (Å²) in [4.78, 5) is 16.6. The Bertz CT molecular complexity index is 576. The second kappa shape index (κ2) is 10.6. The number of nitrogens with zero attached hydrogens (tertiary/aromatic N) is 1. The van der Waals surface area contributed by atoms with E-state index in [1.165, 1.54) is 0 Å². The van der Waals surface area contributed by atoms with Gasteiger partial charge in [-0.15, -0.1) is 24.8 Å². The van der Waals surface area contributed by atoms with Crippen LogP contribution in [-0.4, -0.2) is 31.0 Å². The SMILES string of the molecule is CNCCCNC(=O)c1ccc(-c2ccsc2)nc1C.Cl.Cl. The van der Waals surface area contributed by atoms with E-state index in [1.54, 1.807) is 11.3 Å². The Hall–Kier alpha value is -1.14. The Labute approximate surface area is 147 Å². The van der Waals surface area contributed by atoms with Crippen molar-refractivity contribution < 1.29 is 4.79 Å². The minimum Gasteiger partial charge on any atom is -0.352 e. The van der Waals surface area contributed by atoms with Gasteiger partial charge in [0.15, 0.2) is 0 Å². The van der Waals surface area contributed by atoms with Crippen molar-refractivity contribution in [3.8, 4) is 11.3 Å². The van der Waals surface area contributed by atoms with Gasteiger partial charge in [-0.3, -0.25) is 9.78 Å². The standard InChI is InChI=1S/C15H19N3OS.2ClH/c1-11-13(15(19)17-8-3-7-16-2)4-5-14(18-11)12-6-9-20-10-12;;/h4-6,9-10,16H,3,7-8H2,1-2H3,(H,17,19);2*1H. The predicted molar refractivity (Wildman–Crippen MR) is 97.7 cm³/mol. The monoisotopic (exact) mass is 361 g/mol. The van der Waals surface area contributed by atoms with E-state index in [9.17, 15) is 4.79 Å². The number of carbonyl (C=O) groups is 1. The second-order valence-corrected chi connectivity index (χ2v) is 5.33. The average molecular weight is 362 g/mol. The number of nitrogens with one attached hydrogen (secondary N) is 2. The van der Waals surface area contributed by atoms with Crippen LogP contribution in [0.4, 0.5) is 0 Å². The van der Waals surface area contributed by atoms with Gasteiger partial charge in [-0.1, -0.05) is 0 Å². The first-order chi connectivity index (χ1) is 9.72. The maximum absolute atomic E-state index is 12.1. The quantitative estimate of drug-likeness (QED) is 0.776. The van der Waals surface area contributed by atoms with E-state index < -0.39 is 0 Å². The molecule has 0 aliphatic rings. The van der Waals surface area contributed by atoms with Crippen LogP contribution < -0.4 is 10.6 Å². The van der Waals surface area contributed by atoms with Crippen LogP contribution in [0.2, 0.25) is 0 Å². The van der Waals surface area contributed by atoms with Crippen LogP contribution in [-0.2, 0) is 0 Å². The van der Waals surface area contributed by atoms with Gasteiger partial charge in [-0.2, -0.15) is 11.3 Å². The summed E-state index contributed by atoms with van der Waals surface area (Å²) in [6.45, 7) is 3.44. The third-order valence-corrected chi connectivity index (χ3v) is 3.72. The zero-order valence-electron chi connectivity index (χ0n) is 12.6. The molecule has 2 N–H and O–H groups in total. The van der Waals surface area contributed by atoms with Crippen molar-refractivity contribution in [2.45, 2.75) is 13.3 Å². The van der Waals surface area contributed by atoms with Crippen LogP contribution in [0.3, 0.4) is 0 Å². The number of pyridine rings is 1. The lowest BCUT2D eigenvalue weighted by Crippen LogP contribution is -2.27. The van der Waals surface area contributed by atoms with E-state index >= 15 is 0 Å². The highest BCUT2D eigenvalue weighted by Crippen LogP contribution is 2.21. The molecule has 0 saturated heterocycles. The third-order valence-electron chi connectivity index (χ3n) is 3.04. The lowest BCUT2D eigenvalue weighted by atomic mass is 10.1. The Balaban J connectivity index is 0.00000220. The Morgan fingerprint density at radius 1 is 1.23 bits per heavy atom. The van der Waals surface area contributed by atoms with Crippen molar-refractivity contribution in [2.75, 3.05) is 20.1 Å². The van der Waals surface area contributed by atoms with Crippen molar-refractivity contribution >= 4 is 42.1 Å². The first-order valence-electron chi connectivity index (χ1n) is 6.65.